The average Bonchev–Trinajstić information content (AvgIpc) is 2.50. The van der Waals surface area contributed by atoms with E-state index in [4.69, 9.17) is 9.47 Å². The van der Waals surface area contributed by atoms with E-state index in [2.05, 4.69) is 55.4 Å². The molecular formula is C17H36N4O2. The van der Waals surface area contributed by atoms with Gasteiger partial charge in [-0.25, -0.2) is 0 Å². The fraction of sp³-hybridized carbons (Fsp3) is 0.941. The normalized spacial score (nSPS) is 20.4. The second kappa shape index (κ2) is 8.85. The molecule has 0 aliphatic carbocycles. The largest absolute Gasteiger partial charge is 0.381 e. The number of likely N-dealkylation sites (N-methyl/N-ethyl adjacent to an activating group) is 1. The minimum atomic E-state index is 0.0895. The van der Waals surface area contributed by atoms with Crippen molar-refractivity contribution in [1.82, 2.24) is 15.5 Å². The third kappa shape index (κ3) is 5.94. The average molecular weight is 329 g/mol. The van der Waals surface area contributed by atoms with Gasteiger partial charge in [0, 0.05) is 46.0 Å². The van der Waals surface area contributed by atoms with E-state index >= 15 is 0 Å². The maximum atomic E-state index is 5.59. The SMILES string of the molecule is CN=C(NCC(OC)C(C)(C)C)NCC1(N(C)C)CCOCC1. The molecule has 1 fully saturated rings. The molecule has 0 aromatic heterocycles. The molecule has 0 aromatic rings. The van der Waals surface area contributed by atoms with Gasteiger partial charge in [0.1, 0.15) is 0 Å². The zero-order chi connectivity index (χ0) is 17.5. The molecule has 1 unspecified atom stereocenters. The smallest absolute Gasteiger partial charge is 0.191 e. The summed E-state index contributed by atoms with van der Waals surface area (Å²) in [6, 6.07) is 0. The Kier molecular flexibility index (Phi) is 7.77. The molecule has 136 valence electrons. The molecule has 1 rings (SSSR count). The van der Waals surface area contributed by atoms with Gasteiger partial charge in [-0.15, -0.1) is 0 Å². The summed E-state index contributed by atoms with van der Waals surface area (Å²) in [6.07, 6.45) is 2.20. The van der Waals surface area contributed by atoms with Crippen LogP contribution in [0.4, 0.5) is 0 Å². The van der Waals surface area contributed by atoms with Crippen molar-refractivity contribution in [3.8, 4) is 0 Å². The summed E-state index contributed by atoms with van der Waals surface area (Å²) in [5, 5.41) is 6.87. The maximum Gasteiger partial charge on any atom is 0.191 e. The maximum absolute atomic E-state index is 5.59. The highest BCUT2D eigenvalue weighted by Crippen LogP contribution is 2.25. The van der Waals surface area contributed by atoms with Crippen LogP contribution in [0.25, 0.3) is 0 Å². The molecule has 0 bridgehead atoms. The van der Waals surface area contributed by atoms with Crippen LogP contribution in [0.3, 0.4) is 0 Å². The highest BCUT2D eigenvalue weighted by atomic mass is 16.5. The lowest BCUT2D eigenvalue weighted by molar-refractivity contribution is -0.00516. The van der Waals surface area contributed by atoms with Crippen LogP contribution in [0.15, 0.2) is 4.99 Å². The molecular weight excluding hydrogens is 292 g/mol. The third-order valence-corrected chi connectivity index (χ3v) is 4.89. The van der Waals surface area contributed by atoms with Crippen molar-refractivity contribution in [2.24, 2.45) is 10.4 Å². The van der Waals surface area contributed by atoms with Gasteiger partial charge in [-0.3, -0.25) is 4.99 Å². The molecule has 1 saturated heterocycles. The van der Waals surface area contributed by atoms with E-state index in [1.54, 1.807) is 14.2 Å². The Morgan fingerprint density at radius 2 is 1.87 bits per heavy atom. The lowest BCUT2D eigenvalue weighted by atomic mass is 9.88. The van der Waals surface area contributed by atoms with E-state index in [0.717, 1.165) is 45.1 Å². The van der Waals surface area contributed by atoms with Crippen LogP contribution in [0.2, 0.25) is 0 Å². The van der Waals surface area contributed by atoms with Gasteiger partial charge in [-0.1, -0.05) is 20.8 Å². The molecule has 0 radical (unpaired) electrons. The Morgan fingerprint density at radius 3 is 2.30 bits per heavy atom. The lowest BCUT2D eigenvalue weighted by Crippen LogP contribution is -2.57. The topological polar surface area (TPSA) is 58.1 Å². The van der Waals surface area contributed by atoms with Crippen LogP contribution >= 0.6 is 0 Å². The summed E-state index contributed by atoms with van der Waals surface area (Å²) in [5.41, 5.74) is 0.215. The predicted octanol–water partition coefficient (Wildman–Crippen LogP) is 1.32. The van der Waals surface area contributed by atoms with Gasteiger partial charge in [0.2, 0.25) is 0 Å². The first kappa shape index (κ1) is 20.2. The highest BCUT2D eigenvalue weighted by molar-refractivity contribution is 5.79. The van der Waals surface area contributed by atoms with Crippen molar-refractivity contribution in [3.05, 3.63) is 0 Å². The molecule has 6 nitrogen and oxygen atoms in total. The van der Waals surface area contributed by atoms with Gasteiger partial charge in [-0.05, 0) is 32.4 Å². The van der Waals surface area contributed by atoms with Gasteiger partial charge in [0.25, 0.3) is 0 Å². The summed E-state index contributed by atoms with van der Waals surface area (Å²) < 4.78 is 11.1. The minimum absolute atomic E-state index is 0.0895. The number of guanidine groups is 1. The number of ether oxygens (including phenoxy) is 2. The number of nitrogens with zero attached hydrogens (tertiary/aromatic N) is 2. The first-order valence-corrected chi connectivity index (χ1v) is 8.47. The molecule has 23 heavy (non-hydrogen) atoms. The zero-order valence-corrected chi connectivity index (χ0v) is 16.0. The van der Waals surface area contributed by atoms with Gasteiger partial charge >= 0.3 is 0 Å². The number of methoxy groups -OCH3 is 1. The molecule has 0 aromatic carbocycles. The van der Waals surface area contributed by atoms with Crippen LogP contribution < -0.4 is 10.6 Å². The Balaban J connectivity index is 2.56. The monoisotopic (exact) mass is 328 g/mol. The van der Waals surface area contributed by atoms with E-state index in [1.807, 2.05) is 0 Å². The first-order chi connectivity index (χ1) is 10.7. The van der Waals surface area contributed by atoms with Crippen molar-refractivity contribution < 1.29 is 9.47 Å². The lowest BCUT2D eigenvalue weighted by Gasteiger charge is -2.43. The quantitative estimate of drug-likeness (QED) is 0.569. The molecule has 0 saturated carbocycles. The van der Waals surface area contributed by atoms with E-state index in [0.29, 0.717) is 0 Å². The number of hydrogen-bond acceptors (Lipinski definition) is 4. The van der Waals surface area contributed by atoms with Crippen molar-refractivity contribution in [1.29, 1.82) is 0 Å². The number of nitrogens with one attached hydrogen (secondary N) is 2. The Labute approximate surface area is 142 Å². The molecule has 0 amide bonds. The Morgan fingerprint density at radius 1 is 1.26 bits per heavy atom. The summed E-state index contributed by atoms with van der Waals surface area (Å²) in [4.78, 5) is 6.65. The summed E-state index contributed by atoms with van der Waals surface area (Å²) in [7, 11) is 7.85. The third-order valence-electron chi connectivity index (χ3n) is 4.89. The van der Waals surface area contributed by atoms with Crippen molar-refractivity contribution in [3.63, 3.8) is 0 Å². The predicted molar refractivity (Wildman–Crippen MR) is 96.1 cm³/mol. The second-order valence-corrected chi connectivity index (χ2v) is 7.63. The fourth-order valence-electron chi connectivity index (χ4n) is 2.93. The van der Waals surface area contributed by atoms with Crippen LogP contribution in [0, 0.1) is 5.41 Å². The minimum Gasteiger partial charge on any atom is -0.381 e. The van der Waals surface area contributed by atoms with E-state index in [9.17, 15) is 0 Å². The van der Waals surface area contributed by atoms with Gasteiger partial charge in [-0.2, -0.15) is 0 Å². The van der Waals surface area contributed by atoms with Crippen LogP contribution in [0.5, 0.6) is 0 Å². The van der Waals surface area contributed by atoms with Crippen LogP contribution in [-0.2, 0) is 9.47 Å². The van der Waals surface area contributed by atoms with E-state index in [1.165, 1.54) is 0 Å². The molecule has 1 atom stereocenters. The second-order valence-electron chi connectivity index (χ2n) is 7.63. The first-order valence-electron chi connectivity index (χ1n) is 8.47. The zero-order valence-electron chi connectivity index (χ0n) is 16.0. The Bertz CT molecular complexity index is 371. The Hall–Kier alpha value is -0.850. The molecule has 2 N–H and O–H groups in total. The summed E-state index contributed by atoms with van der Waals surface area (Å²) in [5.74, 6) is 0.823. The molecule has 1 heterocycles. The van der Waals surface area contributed by atoms with E-state index in [-0.39, 0.29) is 17.1 Å². The molecule has 1 aliphatic rings. The molecule has 1 aliphatic heterocycles. The number of hydrogen-bond donors (Lipinski definition) is 2. The number of rotatable bonds is 6. The standard InChI is InChI=1S/C17H36N4O2/c1-16(2,3)14(22-7)12-19-15(18-4)20-13-17(21(5)6)8-10-23-11-9-17/h14H,8-13H2,1-7H3,(H2,18,19,20). The molecule has 0 spiro atoms. The van der Waals surface area contributed by atoms with Crippen molar-refractivity contribution in [2.75, 3.05) is 54.6 Å². The number of aliphatic imine (C=N–C) groups is 1. The van der Waals surface area contributed by atoms with Crippen molar-refractivity contribution >= 4 is 5.96 Å². The van der Waals surface area contributed by atoms with Gasteiger partial charge < -0.3 is 25.0 Å². The van der Waals surface area contributed by atoms with Gasteiger partial charge in [0.15, 0.2) is 5.96 Å². The molecule has 6 heteroatoms. The van der Waals surface area contributed by atoms with Crippen LogP contribution in [0.1, 0.15) is 33.6 Å². The van der Waals surface area contributed by atoms with Crippen molar-refractivity contribution in [2.45, 2.75) is 45.3 Å². The summed E-state index contributed by atoms with van der Waals surface area (Å²) >= 11 is 0. The fourth-order valence-corrected chi connectivity index (χ4v) is 2.93. The van der Waals surface area contributed by atoms with E-state index < -0.39 is 0 Å². The highest BCUT2D eigenvalue weighted by Gasteiger charge is 2.35. The summed E-state index contributed by atoms with van der Waals surface area (Å²) in [6.45, 7) is 9.78. The van der Waals surface area contributed by atoms with Crippen LogP contribution in [-0.4, -0.2) is 77.1 Å². The van der Waals surface area contributed by atoms with Gasteiger partial charge in [0.05, 0.1) is 6.10 Å².